The second kappa shape index (κ2) is 7.65. The van der Waals surface area contributed by atoms with Crippen LogP contribution < -0.4 is 10.6 Å². The first kappa shape index (κ1) is 18.9. The van der Waals surface area contributed by atoms with Gasteiger partial charge in [-0.05, 0) is 17.7 Å². The molecule has 0 saturated heterocycles. The Labute approximate surface area is 151 Å². The van der Waals surface area contributed by atoms with Gasteiger partial charge in [-0.25, -0.2) is 0 Å². The third-order valence-electron chi connectivity index (χ3n) is 3.46. The van der Waals surface area contributed by atoms with Gasteiger partial charge in [-0.2, -0.15) is 4.98 Å². The summed E-state index contributed by atoms with van der Waals surface area (Å²) >= 11 is 6.21. The van der Waals surface area contributed by atoms with Gasteiger partial charge in [0.05, 0.1) is 17.0 Å². The van der Waals surface area contributed by atoms with Crippen LogP contribution in [0.25, 0.3) is 11.5 Å². The van der Waals surface area contributed by atoms with E-state index in [0.717, 1.165) is 5.56 Å². The van der Waals surface area contributed by atoms with E-state index >= 15 is 0 Å². The maximum atomic E-state index is 12.0. The lowest BCUT2D eigenvalue weighted by molar-refractivity contribution is -0.128. The van der Waals surface area contributed by atoms with Crippen molar-refractivity contribution in [2.75, 3.05) is 7.05 Å². The molecule has 0 radical (unpaired) electrons. The molecule has 1 aromatic carbocycles. The molecule has 0 unspecified atom stereocenters. The molecule has 0 bridgehead atoms. The van der Waals surface area contributed by atoms with Crippen molar-refractivity contribution in [1.29, 1.82) is 0 Å². The highest BCUT2D eigenvalue weighted by Crippen LogP contribution is 2.28. The number of nitrogens with one attached hydrogen (secondary N) is 2. The smallest absolute Gasteiger partial charge is 0.259 e. The summed E-state index contributed by atoms with van der Waals surface area (Å²) in [5, 5.41) is 9.60. The van der Waals surface area contributed by atoms with Gasteiger partial charge in [-0.15, -0.1) is 0 Å². The number of hydrogen-bond donors (Lipinski definition) is 2. The van der Waals surface area contributed by atoms with Crippen LogP contribution in [-0.2, 0) is 22.6 Å². The number of rotatable bonds is 5. The second-order valence-corrected chi connectivity index (χ2v) is 7.02. The van der Waals surface area contributed by atoms with E-state index in [-0.39, 0.29) is 30.0 Å². The number of hydrogen-bond acceptors (Lipinski definition) is 5. The molecule has 0 saturated carbocycles. The lowest BCUT2D eigenvalue weighted by Gasteiger charge is -2.17. The maximum absolute atomic E-state index is 12.0. The Balaban J connectivity index is 2.16. The van der Waals surface area contributed by atoms with E-state index in [1.165, 1.54) is 7.05 Å². The predicted molar refractivity (Wildman–Crippen MR) is 93.8 cm³/mol. The molecule has 2 N–H and O–H groups in total. The molecule has 7 nitrogen and oxygen atoms in total. The van der Waals surface area contributed by atoms with Crippen LogP contribution in [0.2, 0.25) is 5.02 Å². The lowest BCUT2D eigenvalue weighted by atomic mass is 9.95. The van der Waals surface area contributed by atoms with Gasteiger partial charge in [0.2, 0.25) is 11.8 Å². The predicted octanol–water partition coefficient (Wildman–Crippen LogP) is 2.34. The zero-order chi connectivity index (χ0) is 18.6. The van der Waals surface area contributed by atoms with Crippen molar-refractivity contribution < 1.29 is 14.1 Å². The van der Waals surface area contributed by atoms with E-state index in [9.17, 15) is 9.59 Å². The number of benzene rings is 1. The van der Waals surface area contributed by atoms with Crippen molar-refractivity contribution in [3.63, 3.8) is 0 Å². The highest BCUT2D eigenvalue weighted by atomic mass is 35.5. The molecule has 0 aliphatic rings. The topological polar surface area (TPSA) is 97.1 Å². The molecule has 2 aromatic rings. The Bertz CT molecular complexity index is 780. The summed E-state index contributed by atoms with van der Waals surface area (Å²) in [7, 11) is 1.54. The molecule has 0 fully saturated rings. The molecule has 2 rings (SSSR count). The van der Waals surface area contributed by atoms with Gasteiger partial charge in [0.15, 0.2) is 5.82 Å². The molecule has 0 aliphatic heterocycles. The minimum atomic E-state index is -0.462. The fraction of sp³-hybridized carbons (Fsp3) is 0.412. The van der Waals surface area contributed by atoms with E-state index in [4.69, 9.17) is 16.1 Å². The van der Waals surface area contributed by atoms with Crippen LogP contribution in [0.3, 0.4) is 0 Å². The first-order valence-electron chi connectivity index (χ1n) is 7.81. The Morgan fingerprint density at radius 1 is 1.28 bits per heavy atom. The molecule has 2 amide bonds. The van der Waals surface area contributed by atoms with Gasteiger partial charge in [-0.1, -0.05) is 43.6 Å². The molecule has 8 heteroatoms. The second-order valence-electron chi connectivity index (χ2n) is 6.61. The van der Waals surface area contributed by atoms with Crippen molar-refractivity contribution in [3.8, 4) is 11.5 Å². The zero-order valence-electron chi connectivity index (χ0n) is 14.6. The summed E-state index contributed by atoms with van der Waals surface area (Å²) in [4.78, 5) is 27.6. The van der Waals surface area contributed by atoms with Crippen LogP contribution in [0.15, 0.2) is 22.7 Å². The van der Waals surface area contributed by atoms with Gasteiger partial charge < -0.3 is 15.2 Å². The number of amides is 2. The van der Waals surface area contributed by atoms with Crippen molar-refractivity contribution in [1.82, 2.24) is 20.8 Å². The Morgan fingerprint density at radius 2 is 2.00 bits per heavy atom. The minimum absolute atomic E-state index is 0.0267. The SMILES string of the molecule is CNC(=O)Cc1noc(-c2cc(CNC(=O)C(C)(C)C)ccc2Cl)n1. The minimum Gasteiger partial charge on any atom is -0.359 e. The van der Waals surface area contributed by atoms with Crippen LogP contribution in [-0.4, -0.2) is 29.0 Å². The molecule has 1 heterocycles. The van der Waals surface area contributed by atoms with E-state index in [1.54, 1.807) is 12.1 Å². The number of aromatic nitrogens is 2. The monoisotopic (exact) mass is 364 g/mol. The third-order valence-corrected chi connectivity index (χ3v) is 3.79. The Hall–Kier alpha value is -2.41. The molecule has 1 aromatic heterocycles. The van der Waals surface area contributed by atoms with Gasteiger partial charge in [0, 0.05) is 19.0 Å². The van der Waals surface area contributed by atoms with E-state index in [0.29, 0.717) is 17.1 Å². The molecule has 25 heavy (non-hydrogen) atoms. The largest absolute Gasteiger partial charge is 0.359 e. The first-order valence-corrected chi connectivity index (χ1v) is 8.18. The highest BCUT2D eigenvalue weighted by molar-refractivity contribution is 6.33. The number of nitrogens with zero attached hydrogens (tertiary/aromatic N) is 2. The highest BCUT2D eigenvalue weighted by Gasteiger charge is 2.21. The van der Waals surface area contributed by atoms with Gasteiger partial charge in [0.1, 0.15) is 0 Å². The standard InChI is InChI=1S/C17H21ClN4O3/c1-17(2,3)16(24)20-9-10-5-6-12(18)11(7-10)15-21-13(22-25-15)8-14(23)19-4/h5-7H,8-9H2,1-4H3,(H,19,23)(H,20,24). The van der Waals surface area contributed by atoms with E-state index in [1.807, 2.05) is 26.8 Å². The van der Waals surface area contributed by atoms with Crippen LogP contribution in [0, 0.1) is 5.41 Å². The van der Waals surface area contributed by atoms with Crippen molar-refractivity contribution in [3.05, 3.63) is 34.6 Å². The van der Waals surface area contributed by atoms with Crippen LogP contribution in [0.1, 0.15) is 32.2 Å². The van der Waals surface area contributed by atoms with Crippen LogP contribution in [0.4, 0.5) is 0 Å². The molecule has 0 aliphatic carbocycles. The van der Waals surface area contributed by atoms with Gasteiger partial charge in [-0.3, -0.25) is 9.59 Å². The average Bonchev–Trinajstić information content (AvgIpc) is 3.00. The summed E-state index contributed by atoms with van der Waals surface area (Å²) in [6.45, 7) is 5.91. The summed E-state index contributed by atoms with van der Waals surface area (Å²) in [5.74, 6) is 0.247. The first-order chi connectivity index (χ1) is 11.7. The van der Waals surface area contributed by atoms with E-state index < -0.39 is 5.41 Å². The molecule has 0 atom stereocenters. The van der Waals surface area contributed by atoms with Crippen LogP contribution in [0.5, 0.6) is 0 Å². The normalized spacial score (nSPS) is 11.2. The number of carbonyl (C=O) groups excluding carboxylic acids is 2. The van der Waals surface area contributed by atoms with Crippen molar-refractivity contribution in [2.24, 2.45) is 5.41 Å². The fourth-order valence-electron chi connectivity index (χ4n) is 1.96. The van der Waals surface area contributed by atoms with Crippen LogP contribution >= 0.6 is 11.6 Å². The fourth-order valence-corrected chi connectivity index (χ4v) is 2.16. The zero-order valence-corrected chi connectivity index (χ0v) is 15.4. The van der Waals surface area contributed by atoms with Crippen molar-refractivity contribution >= 4 is 23.4 Å². The summed E-state index contributed by atoms with van der Waals surface area (Å²) < 4.78 is 5.20. The third kappa shape index (κ3) is 5.03. The number of carbonyl (C=O) groups is 2. The summed E-state index contributed by atoms with van der Waals surface area (Å²) in [5.41, 5.74) is 0.944. The van der Waals surface area contributed by atoms with Gasteiger partial charge in [0.25, 0.3) is 5.89 Å². The van der Waals surface area contributed by atoms with Gasteiger partial charge >= 0.3 is 0 Å². The number of halogens is 1. The molecular weight excluding hydrogens is 344 g/mol. The van der Waals surface area contributed by atoms with E-state index in [2.05, 4.69) is 20.8 Å². The molecular formula is C17H21ClN4O3. The number of likely N-dealkylation sites (N-methyl/N-ethyl adjacent to an activating group) is 1. The Kier molecular flexibility index (Phi) is 5.79. The maximum Gasteiger partial charge on any atom is 0.259 e. The average molecular weight is 365 g/mol. The molecule has 134 valence electrons. The Morgan fingerprint density at radius 3 is 2.64 bits per heavy atom. The quantitative estimate of drug-likeness (QED) is 0.848. The summed E-state index contributed by atoms with van der Waals surface area (Å²) in [6, 6.07) is 5.30. The van der Waals surface area contributed by atoms with Crippen molar-refractivity contribution in [2.45, 2.75) is 33.7 Å². The lowest BCUT2D eigenvalue weighted by Crippen LogP contribution is -2.34. The summed E-state index contributed by atoms with van der Waals surface area (Å²) in [6.07, 6.45) is 0.0267. The molecule has 0 spiro atoms.